The van der Waals surface area contributed by atoms with Crippen LogP contribution in [0, 0.1) is 5.41 Å². The van der Waals surface area contributed by atoms with Gasteiger partial charge in [0.05, 0.1) is 0 Å². The Morgan fingerprint density at radius 2 is 0.946 bits per heavy atom. The summed E-state index contributed by atoms with van der Waals surface area (Å²) in [6.45, 7) is 4.72. The Labute approximate surface area is 222 Å². The molecule has 0 nitrogen and oxygen atoms in total. The zero-order valence-electron chi connectivity index (χ0n) is 22.1. The lowest BCUT2D eigenvalue weighted by molar-refractivity contribution is 0.349. The summed E-state index contributed by atoms with van der Waals surface area (Å²) >= 11 is 0. The molecule has 2 aliphatic rings. The third kappa shape index (κ3) is 4.19. The maximum Gasteiger partial charge on any atom is 0.0134 e. The zero-order valence-corrected chi connectivity index (χ0v) is 22.1. The van der Waals surface area contributed by atoms with E-state index < -0.39 is 0 Å². The zero-order chi connectivity index (χ0) is 25.2. The molecular weight excluding hydrogens is 444 g/mol. The minimum atomic E-state index is 0.115. The molecule has 6 rings (SSSR count). The normalized spacial score (nSPS) is 14.2. The second-order valence-electron chi connectivity index (χ2n) is 10.8. The fourth-order valence-corrected chi connectivity index (χ4v) is 6.92. The molecule has 0 spiro atoms. The van der Waals surface area contributed by atoms with E-state index in [0.717, 1.165) is 12.8 Å². The maximum absolute atomic E-state index is 2.57. The number of fused-ring (bicyclic) bond motifs is 2. The third-order valence-corrected chi connectivity index (χ3v) is 8.54. The van der Waals surface area contributed by atoms with Gasteiger partial charge in [-0.2, -0.15) is 0 Å². The lowest BCUT2D eigenvalue weighted by atomic mass is 9.66. The van der Waals surface area contributed by atoms with Gasteiger partial charge in [0.1, 0.15) is 0 Å². The standard InChI is InChI=1S/C37H36/c1-3-21-37(22-4-2,31-23-29-17-11-19-33(35(29)25-31)27-13-7-5-8-14-27)32-24-30-18-12-20-34(36(30)26-32)28-15-9-6-10-16-28/h5-20,25-26H,3-4,21-24H2,1-2H3. The Hall–Kier alpha value is -3.64. The van der Waals surface area contributed by atoms with Crippen molar-refractivity contribution in [3.05, 3.63) is 130 Å². The molecule has 0 radical (unpaired) electrons. The molecule has 0 aliphatic heterocycles. The van der Waals surface area contributed by atoms with Crippen LogP contribution in [0.25, 0.3) is 34.4 Å². The van der Waals surface area contributed by atoms with Crippen LogP contribution in [0.4, 0.5) is 0 Å². The highest BCUT2D eigenvalue weighted by Gasteiger charge is 2.40. The van der Waals surface area contributed by atoms with Gasteiger partial charge in [-0.15, -0.1) is 0 Å². The Kier molecular flexibility index (Phi) is 6.43. The smallest absolute Gasteiger partial charge is 0.0134 e. The van der Waals surface area contributed by atoms with Gasteiger partial charge in [0, 0.05) is 5.41 Å². The summed E-state index contributed by atoms with van der Waals surface area (Å²) in [6.07, 6.45) is 12.1. The van der Waals surface area contributed by atoms with E-state index in [1.54, 1.807) is 11.1 Å². The van der Waals surface area contributed by atoms with Gasteiger partial charge in [0.2, 0.25) is 0 Å². The van der Waals surface area contributed by atoms with Gasteiger partial charge in [-0.1, -0.05) is 147 Å². The van der Waals surface area contributed by atoms with E-state index in [9.17, 15) is 0 Å². The first kappa shape index (κ1) is 23.7. The van der Waals surface area contributed by atoms with Gasteiger partial charge >= 0.3 is 0 Å². The van der Waals surface area contributed by atoms with Crippen molar-refractivity contribution < 1.29 is 0 Å². The van der Waals surface area contributed by atoms with Gasteiger partial charge in [0.15, 0.2) is 0 Å². The molecule has 0 aromatic heterocycles. The molecular formula is C37H36. The highest BCUT2D eigenvalue weighted by molar-refractivity contribution is 5.84. The van der Waals surface area contributed by atoms with Crippen LogP contribution in [-0.4, -0.2) is 0 Å². The molecule has 0 unspecified atom stereocenters. The van der Waals surface area contributed by atoms with Crippen LogP contribution in [0.5, 0.6) is 0 Å². The van der Waals surface area contributed by atoms with Gasteiger partial charge in [-0.05, 0) is 70.2 Å². The molecule has 2 aliphatic carbocycles. The number of allylic oxidation sites excluding steroid dienone is 2. The van der Waals surface area contributed by atoms with Crippen LogP contribution in [0.3, 0.4) is 0 Å². The summed E-state index contributed by atoms with van der Waals surface area (Å²) in [6, 6.07) is 35.6. The number of hydrogen-bond donors (Lipinski definition) is 0. The lowest BCUT2D eigenvalue weighted by Crippen LogP contribution is -2.26. The van der Waals surface area contributed by atoms with E-state index in [-0.39, 0.29) is 5.41 Å². The van der Waals surface area contributed by atoms with E-state index in [2.05, 4.69) is 123 Å². The van der Waals surface area contributed by atoms with Crippen molar-refractivity contribution in [3.63, 3.8) is 0 Å². The highest BCUT2D eigenvalue weighted by Crippen LogP contribution is 2.53. The molecule has 0 atom stereocenters. The van der Waals surface area contributed by atoms with Crippen molar-refractivity contribution in [1.29, 1.82) is 0 Å². The molecule has 0 bridgehead atoms. The average molecular weight is 481 g/mol. The third-order valence-electron chi connectivity index (χ3n) is 8.54. The Bertz CT molecular complexity index is 1350. The summed E-state index contributed by atoms with van der Waals surface area (Å²) in [4.78, 5) is 0. The van der Waals surface area contributed by atoms with Crippen molar-refractivity contribution in [2.75, 3.05) is 0 Å². The van der Waals surface area contributed by atoms with Crippen LogP contribution in [0.1, 0.15) is 61.8 Å². The molecule has 4 aromatic rings. The van der Waals surface area contributed by atoms with Crippen LogP contribution in [0.2, 0.25) is 0 Å². The van der Waals surface area contributed by atoms with E-state index >= 15 is 0 Å². The molecule has 0 heteroatoms. The van der Waals surface area contributed by atoms with E-state index in [4.69, 9.17) is 0 Å². The van der Waals surface area contributed by atoms with Crippen LogP contribution in [0.15, 0.2) is 108 Å². The van der Waals surface area contributed by atoms with Gasteiger partial charge in [-0.3, -0.25) is 0 Å². The highest BCUT2D eigenvalue weighted by atomic mass is 14.4. The second-order valence-corrected chi connectivity index (χ2v) is 10.8. The maximum atomic E-state index is 2.57. The van der Waals surface area contributed by atoms with E-state index in [1.807, 2.05) is 0 Å². The molecule has 37 heavy (non-hydrogen) atoms. The second kappa shape index (κ2) is 10.0. The summed E-state index contributed by atoms with van der Waals surface area (Å²) in [5.74, 6) is 0. The van der Waals surface area contributed by atoms with Crippen molar-refractivity contribution in [3.8, 4) is 22.3 Å². The summed E-state index contributed by atoms with van der Waals surface area (Å²) in [5.41, 5.74) is 14.5. The van der Waals surface area contributed by atoms with Crippen LogP contribution < -0.4 is 0 Å². The fourth-order valence-electron chi connectivity index (χ4n) is 6.92. The van der Waals surface area contributed by atoms with Gasteiger partial charge < -0.3 is 0 Å². The van der Waals surface area contributed by atoms with Crippen molar-refractivity contribution >= 4 is 12.2 Å². The Morgan fingerprint density at radius 1 is 0.514 bits per heavy atom. The lowest BCUT2D eigenvalue weighted by Gasteiger charge is -2.37. The molecule has 0 N–H and O–H groups in total. The largest absolute Gasteiger partial charge is 0.0653 e. The quantitative estimate of drug-likeness (QED) is 0.235. The number of hydrogen-bond acceptors (Lipinski definition) is 0. The predicted molar refractivity (Wildman–Crippen MR) is 159 cm³/mol. The average Bonchev–Trinajstić information content (AvgIpc) is 3.59. The van der Waals surface area contributed by atoms with Crippen molar-refractivity contribution in [2.24, 2.45) is 5.41 Å². The van der Waals surface area contributed by atoms with Crippen molar-refractivity contribution in [1.82, 2.24) is 0 Å². The van der Waals surface area contributed by atoms with Crippen LogP contribution in [-0.2, 0) is 12.8 Å². The van der Waals surface area contributed by atoms with Gasteiger partial charge in [-0.25, -0.2) is 0 Å². The fraction of sp³-hybridized carbons (Fsp3) is 0.243. The Balaban J connectivity index is 1.46. The first-order chi connectivity index (χ1) is 18.2. The molecule has 0 amide bonds. The van der Waals surface area contributed by atoms with Crippen molar-refractivity contribution in [2.45, 2.75) is 52.4 Å². The first-order valence-corrected chi connectivity index (χ1v) is 14.0. The summed E-state index contributed by atoms with van der Waals surface area (Å²) < 4.78 is 0. The number of rotatable bonds is 8. The first-order valence-electron chi connectivity index (χ1n) is 14.0. The Morgan fingerprint density at radius 3 is 1.35 bits per heavy atom. The molecule has 4 aromatic carbocycles. The minimum absolute atomic E-state index is 0.115. The summed E-state index contributed by atoms with van der Waals surface area (Å²) in [5, 5.41) is 0. The monoisotopic (exact) mass is 480 g/mol. The molecule has 184 valence electrons. The number of benzene rings is 4. The van der Waals surface area contributed by atoms with E-state index in [1.165, 1.54) is 70.2 Å². The topological polar surface area (TPSA) is 0 Å². The molecule has 0 saturated carbocycles. The summed E-state index contributed by atoms with van der Waals surface area (Å²) in [7, 11) is 0. The molecule has 0 heterocycles. The minimum Gasteiger partial charge on any atom is -0.0653 e. The molecule has 0 saturated heterocycles. The van der Waals surface area contributed by atoms with E-state index in [0.29, 0.717) is 0 Å². The van der Waals surface area contributed by atoms with Gasteiger partial charge in [0.25, 0.3) is 0 Å². The predicted octanol–water partition coefficient (Wildman–Crippen LogP) is 10.2. The molecule has 0 fully saturated rings. The SMILES string of the molecule is CCCC(CCC)(C1=Cc2c(cccc2-c2ccccc2)C1)C1=Cc2c(cccc2-c2ccccc2)C1. The van der Waals surface area contributed by atoms with Crippen LogP contribution >= 0.6 is 0 Å².